The number of nitrogens with zero attached hydrogens (tertiary/aromatic N) is 3. The van der Waals surface area contributed by atoms with E-state index in [0.29, 0.717) is 19.4 Å². The molecule has 7 heteroatoms. The van der Waals surface area contributed by atoms with Gasteiger partial charge in [0.05, 0.1) is 6.20 Å². The van der Waals surface area contributed by atoms with Crippen LogP contribution in [0.4, 0.5) is 0 Å². The van der Waals surface area contributed by atoms with Crippen LogP contribution in [0.15, 0.2) is 17.5 Å². The zero-order valence-corrected chi connectivity index (χ0v) is 10.3. The Kier molecular flexibility index (Phi) is 3.22. The number of hydrogen-bond acceptors (Lipinski definition) is 4. The highest BCUT2D eigenvalue weighted by Gasteiger charge is 2.49. The summed E-state index contributed by atoms with van der Waals surface area (Å²) >= 11 is 0. The number of aromatic amines is 1. The number of aromatic nitrogens is 2. The average Bonchev–Trinajstić information content (AvgIpc) is 2.79. The minimum absolute atomic E-state index is 0.0118. The summed E-state index contributed by atoms with van der Waals surface area (Å²) in [6.07, 6.45) is 5.60. The van der Waals surface area contributed by atoms with Gasteiger partial charge < -0.3 is 15.8 Å². The number of H-pyrrole nitrogens is 1. The van der Waals surface area contributed by atoms with Crippen LogP contribution in [0.5, 0.6) is 0 Å². The van der Waals surface area contributed by atoms with Crippen molar-refractivity contribution in [2.45, 2.75) is 25.8 Å². The highest BCUT2D eigenvalue weighted by molar-refractivity contribution is 6.07. The summed E-state index contributed by atoms with van der Waals surface area (Å²) in [5.41, 5.74) is 5.76. The van der Waals surface area contributed by atoms with Gasteiger partial charge >= 0.3 is 0 Å². The molecule has 0 saturated heterocycles. The van der Waals surface area contributed by atoms with Crippen molar-refractivity contribution >= 4 is 11.7 Å². The molecule has 1 aromatic rings. The van der Waals surface area contributed by atoms with Crippen molar-refractivity contribution in [3.63, 3.8) is 0 Å². The lowest BCUT2D eigenvalue weighted by Crippen LogP contribution is -2.54. The molecule has 98 valence electrons. The average molecular weight is 251 g/mol. The quantitative estimate of drug-likeness (QED) is 0.309. The Morgan fingerprint density at radius 2 is 2.44 bits per heavy atom. The Balaban J connectivity index is 2.10. The monoisotopic (exact) mass is 251 g/mol. The predicted molar refractivity (Wildman–Crippen MR) is 64.8 cm³/mol. The largest absolute Gasteiger partial charge is 0.409 e. The molecule has 4 N–H and O–H groups in total. The van der Waals surface area contributed by atoms with Crippen molar-refractivity contribution in [3.05, 3.63) is 18.0 Å². The lowest BCUT2D eigenvalue weighted by Gasteiger charge is -2.41. The van der Waals surface area contributed by atoms with Gasteiger partial charge in [-0.3, -0.25) is 9.89 Å². The Morgan fingerprint density at radius 3 is 2.89 bits per heavy atom. The molecule has 1 heterocycles. The summed E-state index contributed by atoms with van der Waals surface area (Å²) in [5.74, 6) is -0.0944. The topological polar surface area (TPSA) is 108 Å². The SMILES string of the molecule is CN(Cc1cn[nH]c1)C(=O)C1(C(N)=NO)CCC1. The van der Waals surface area contributed by atoms with E-state index >= 15 is 0 Å². The number of nitrogens with one attached hydrogen (secondary N) is 1. The Morgan fingerprint density at radius 1 is 1.72 bits per heavy atom. The van der Waals surface area contributed by atoms with E-state index in [0.717, 1.165) is 12.0 Å². The van der Waals surface area contributed by atoms with Crippen LogP contribution >= 0.6 is 0 Å². The van der Waals surface area contributed by atoms with E-state index in [4.69, 9.17) is 10.9 Å². The molecule has 0 atom stereocenters. The van der Waals surface area contributed by atoms with Gasteiger partial charge in [0.25, 0.3) is 0 Å². The smallest absolute Gasteiger partial charge is 0.236 e. The minimum Gasteiger partial charge on any atom is -0.409 e. The molecule has 1 saturated carbocycles. The number of carbonyl (C=O) groups excluding carboxylic acids is 1. The van der Waals surface area contributed by atoms with Crippen LogP contribution in [0, 0.1) is 5.41 Å². The van der Waals surface area contributed by atoms with Crippen molar-refractivity contribution in [1.82, 2.24) is 15.1 Å². The second-order valence-electron chi connectivity index (χ2n) is 4.69. The van der Waals surface area contributed by atoms with Crippen LogP contribution in [-0.4, -0.2) is 39.1 Å². The van der Waals surface area contributed by atoms with Gasteiger partial charge in [-0.05, 0) is 12.8 Å². The predicted octanol–water partition coefficient (Wildman–Crippen LogP) is 0.285. The summed E-state index contributed by atoms with van der Waals surface area (Å²) < 4.78 is 0. The molecule has 1 aliphatic carbocycles. The maximum atomic E-state index is 12.4. The first kappa shape index (κ1) is 12.4. The summed E-state index contributed by atoms with van der Waals surface area (Å²) in [4.78, 5) is 14.0. The highest BCUT2D eigenvalue weighted by atomic mass is 16.4. The van der Waals surface area contributed by atoms with Crippen LogP contribution in [0.25, 0.3) is 0 Å². The van der Waals surface area contributed by atoms with Crippen molar-refractivity contribution < 1.29 is 10.0 Å². The van der Waals surface area contributed by atoms with E-state index in [1.54, 1.807) is 24.3 Å². The van der Waals surface area contributed by atoms with Gasteiger partial charge in [-0.2, -0.15) is 5.10 Å². The molecule has 1 aliphatic rings. The zero-order chi connectivity index (χ0) is 13.2. The second kappa shape index (κ2) is 4.67. The fourth-order valence-electron chi connectivity index (χ4n) is 2.28. The van der Waals surface area contributed by atoms with Gasteiger partial charge in [-0.15, -0.1) is 0 Å². The van der Waals surface area contributed by atoms with Crippen molar-refractivity contribution in [2.75, 3.05) is 7.05 Å². The molecule has 0 bridgehead atoms. The van der Waals surface area contributed by atoms with Gasteiger partial charge in [-0.1, -0.05) is 11.6 Å². The zero-order valence-electron chi connectivity index (χ0n) is 10.3. The summed E-state index contributed by atoms with van der Waals surface area (Å²) in [7, 11) is 1.71. The number of rotatable bonds is 4. The molecule has 0 aromatic carbocycles. The molecule has 0 unspecified atom stereocenters. The summed E-state index contributed by atoms with van der Waals surface area (Å²) in [6.45, 7) is 0.454. The summed E-state index contributed by atoms with van der Waals surface area (Å²) in [6, 6.07) is 0. The standard InChI is InChI=1S/C11H17N5O2/c1-16(7-8-5-13-14-6-8)10(17)11(3-2-4-11)9(12)15-18/h5-6,18H,2-4,7H2,1H3,(H2,12,15)(H,13,14). The lowest BCUT2D eigenvalue weighted by molar-refractivity contribution is -0.141. The molecule has 7 nitrogen and oxygen atoms in total. The molecule has 1 fully saturated rings. The van der Waals surface area contributed by atoms with Gasteiger partial charge in [0, 0.05) is 25.4 Å². The fourth-order valence-corrected chi connectivity index (χ4v) is 2.28. The van der Waals surface area contributed by atoms with Crippen molar-refractivity contribution in [1.29, 1.82) is 0 Å². The summed E-state index contributed by atoms with van der Waals surface area (Å²) in [5, 5.41) is 18.3. The third kappa shape index (κ3) is 1.92. The molecular weight excluding hydrogens is 234 g/mol. The van der Waals surface area contributed by atoms with E-state index in [-0.39, 0.29) is 11.7 Å². The number of hydrogen-bond donors (Lipinski definition) is 3. The first-order valence-corrected chi connectivity index (χ1v) is 5.81. The highest BCUT2D eigenvalue weighted by Crippen LogP contribution is 2.42. The van der Waals surface area contributed by atoms with Gasteiger partial charge in [0.1, 0.15) is 5.41 Å². The number of amidine groups is 1. The molecule has 1 aromatic heterocycles. The Labute approximate surface area is 105 Å². The minimum atomic E-state index is -0.812. The molecule has 18 heavy (non-hydrogen) atoms. The van der Waals surface area contributed by atoms with Crippen LogP contribution in [0.1, 0.15) is 24.8 Å². The van der Waals surface area contributed by atoms with Gasteiger partial charge in [0.2, 0.25) is 5.91 Å². The van der Waals surface area contributed by atoms with E-state index < -0.39 is 5.41 Å². The second-order valence-corrected chi connectivity index (χ2v) is 4.69. The number of amides is 1. The number of oxime groups is 1. The maximum absolute atomic E-state index is 12.4. The third-order valence-corrected chi connectivity index (χ3v) is 3.54. The van der Waals surface area contributed by atoms with Crippen LogP contribution in [0.3, 0.4) is 0 Å². The van der Waals surface area contributed by atoms with Gasteiger partial charge in [0.15, 0.2) is 5.84 Å². The van der Waals surface area contributed by atoms with Crippen LogP contribution < -0.4 is 5.73 Å². The van der Waals surface area contributed by atoms with Crippen molar-refractivity contribution in [2.24, 2.45) is 16.3 Å². The Bertz CT molecular complexity index is 450. The molecular formula is C11H17N5O2. The lowest BCUT2D eigenvalue weighted by atomic mass is 9.67. The van der Waals surface area contributed by atoms with Crippen LogP contribution in [0.2, 0.25) is 0 Å². The molecule has 2 rings (SSSR count). The molecule has 0 aliphatic heterocycles. The maximum Gasteiger partial charge on any atom is 0.236 e. The Hall–Kier alpha value is -2.05. The molecule has 0 radical (unpaired) electrons. The van der Waals surface area contributed by atoms with E-state index in [2.05, 4.69) is 15.4 Å². The molecule has 1 amide bonds. The van der Waals surface area contributed by atoms with E-state index in [1.807, 2.05) is 0 Å². The van der Waals surface area contributed by atoms with E-state index in [1.165, 1.54) is 0 Å². The van der Waals surface area contributed by atoms with Crippen LogP contribution in [-0.2, 0) is 11.3 Å². The number of nitrogens with two attached hydrogens (primary N) is 1. The third-order valence-electron chi connectivity index (χ3n) is 3.54. The van der Waals surface area contributed by atoms with E-state index in [9.17, 15) is 4.79 Å². The van der Waals surface area contributed by atoms with Gasteiger partial charge in [-0.25, -0.2) is 0 Å². The molecule has 0 spiro atoms. The van der Waals surface area contributed by atoms with Crippen molar-refractivity contribution in [3.8, 4) is 0 Å². The fraction of sp³-hybridized carbons (Fsp3) is 0.545. The number of carbonyl (C=O) groups is 1. The first-order valence-electron chi connectivity index (χ1n) is 5.81. The normalized spacial score (nSPS) is 18.2. The first-order chi connectivity index (χ1) is 8.60.